The van der Waals surface area contributed by atoms with E-state index in [0.717, 1.165) is 12.1 Å². The number of ether oxygens (including phenoxy) is 1. The number of likely N-dealkylation sites (N-methyl/N-ethyl adjacent to an activating group) is 1. The third kappa shape index (κ3) is 4.74. The van der Waals surface area contributed by atoms with Crippen LogP contribution >= 0.6 is 0 Å². The molecule has 0 atom stereocenters. The van der Waals surface area contributed by atoms with Gasteiger partial charge in [0.25, 0.3) is 6.47 Å². The number of alkyl halides is 3. The van der Waals surface area contributed by atoms with Crippen LogP contribution in [-0.4, -0.2) is 52.7 Å². The molecule has 3 rings (SSSR count). The number of anilines is 1. The highest BCUT2D eigenvalue weighted by Gasteiger charge is 2.32. The fraction of sp³-hybridized carbons (Fsp3) is 0.333. The summed E-state index contributed by atoms with van der Waals surface area (Å²) < 4.78 is 44.1. The second-order valence-corrected chi connectivity index (χ2v) is 7.80. The lowest BCUT2D eigenvalue weighted by molar-refractivity contribution is -0.138. The van der Waals surface area contributed by atoms with E-state index >= 15 is 0 Å². The minimum Gasteiger partial charge on any atom is -0.428 e. The first-order chi connectivity index (χ1) is 14.5. The molecule has 0 saturated carbocycles. The lowest BCUT2D eigenvalue weighted by Gasteiger charge is -2.32. The summed E-state index contributed by atoms with van der Waals surface area (Å²) in [5, 5.41) is 13.0. The zero-order valence-electron chi connectivity index (χ0n) is 17.5. The van der Waals surface area contributed by atoms with Crippen molar-refractivity contribution in [2.75, 3.05) is 26.0 Å². The molecule has 0 unspecified atom stereocenters. The highest BCUT2D eigenvalue weighted by atomic mass is 19.4. The average molecular weight is 433 g/mol. The van der Waals surface area contributed by atoms with Gasteiger partial charge in [0.05, 0.1) is 5.56 Å². The number of benzene rings is 1. The maximum absolute atomic E-state index is 13.1. The van der Waals surface area contributed by atoms with E-state index < -0.39 is 11.7 Å². The van der Waals surface area contributed by atoms with E-state index in [9.17, 15) is 18.0 Å². The van der Waals surface area contributed by atoms with Crippen LogP contribution in [0, 0.1) is 0 Å². The van der Waals surface area contributed by atoms with Crippen LogP contribution in [-0.2, 0) is 11.0 Å². The third-order valence-electron chi connectivity index (χ3n) is 5.22. The Morgan fingerprint density at radius 2 is 1.87 bits per heavy atom. The summed E-state index contributed by atoms with van der Waals surface area (Å²) in [7, 11) is 3.94. The van der Waals surface area contributed by atoms with Gasteiger partial charge in [-0.15, -0.1) is 10.2 Å². The van der Waals surface area contributed by atoms with Crippen molar-refractivity contribution in [1.29, 1.82) is 0 Å². The Balaban J connectivity index is 2.10. The van der Waals surface area contributed by atoms with Crippen LogP contribution in [0.4, 0.5) is 19.0 Å². The Hall–Kier alpha value is -3.27. The zero-order chi connectivity index (χ0) is 22.8. The molecule has 0 saturated heterocycles. The molecule has 0 amide bonds. The minimum atomic E-state index is -4.58. The number of nitrogens with one attached hydrogen (secondary N) is 1. The Bertz CT molecular complexity index is 1100. The first-order valence-corrected chi connectivity index (χ1v) is 9.38. The van der Waals surface area contributed by atoms with Crippen molar-refractivity contribution in [2.24, 2.45) is 0 Å². The van der Waals surface area contributed by atoms with Crippen LogP contribution in [0.15, 0.2) is 36.7 Å². The molecule has 2 aromatic heterocycles. The molecule has 3 aromatic rings. The van der Waals surface area contributed by atoms with Gasteiger partial charge in [-0.2, -0.15) is 13.2 Å². The van der Waals surface area contributed by atoms with Gasteiger partial charge in [-0.25, -0.2) is 0 Å². The van der Waals surface area contributed by atoms with Crippen LogP contribution < -0.4 is 10.1 Å². The van der Waals surface area contributed by atoms with Crippen LogP contribution in [0.25, 0.3) is 22.0 Å². The molecule has 1 N–H and O–H groups in total. The standard InChI is InChI=1S/C21H22F3N5O2/c1-20(2,29(3)4)11-26-19-16-10-25-8-7-14(16)18(27-28-19)15-6-5-13(21(22,23)24)9-17(15)31-12-30/h5-10,12H,11H2,1-4H3,(H,26,28). The fourth-order valence-electron chi connectivity index (χ4n) is 2.83. The number of hydrogen-bond acceptors (Lipinski definition) is 7. The summed E-state index contributed by atoms with van der Waals surface area (Å²) in [6.45, 7) is 4.77. The number of nitrogens with zero attached hydrogens (tertiary/aromatic N) is 4. The minimum absolute atomic E-state index is 0.0788. The second-order valence-electron chi connectivity index (χ2n) is 7.80. The van der Waals surface area contributed by atoms with Crippen LogP contribution in [0.1, 0.15) is 19.4 Å². The molecule has 10 heteroatoms. The van der Waals surface area contributed by atoms with Crippen molar-refractivity contribution in [2.45, 2.75) is 25.6 Å². The molecule has 2 heterocycles. The predicted molar refractivity (Wildman–Crippen MR) is 111 cm³/mol. The summed E-state index contributed by atoms with van der Waals surface area (Å²) in [4.78, 5) is 17.1. The lowest BCUT2D eigenvalue weighted by atomic mass is 10.0. The molecule has 1 aromatic carbocycles. The fourth-order valence-corrected chi connectivity index (χ4v) is 2.83. The number of rotatable bonds is 7. The van der Waals surface area contributed by atoms with Gasteiger partial charge >= 0.3 is 6.18 Å². The molecule has 31 heavy (non-hydrogen) atoms. The van der Waals surface area contributed by atoms with Crippen molar-refractivity contribution in [3.05, 3.63) is 42.2 Å². The maximum Gasteiger partial charge on any atom is 0.416 e. The molecule has 0 aliphatic heterocycles. The van der Waals surface area contributed by atoms with E-state index in [-0.39, 0.29) is 29.0 Å². The Labute approximate surface area is 177 Å². The monoisotopic (exact) mass is 433 g/mol. The van der Waals surface area contributed by atoms with E-state index in [0.29, 0.717) is 23.1 Å². The number of carbonyl (C=O) groups is 1. The molecule has 0 radical (unpaired) electrons. The highest BCUT2D eigenvalue weighted by molar-refractivity contribution is 6.00. The van der Waals surface area contributed by atoms with Crippen molar-refractivity contribution in [3.63, 3.8) is 0 Å². The number of halogens is 3. The summed E-state index contributed by atoms with van der Waals surface area (Å²) >= 11 is 0. The molecule has 0 fully saturated rings. The Morgan fingerprint density at radius 1 is 1.13 bits per heavy atom. The Kier molecular flexibility index (Phi) is 6.12. The zero-order valence-corrected chi connectivity index (χ0v) is 17.5. The van der Waals surface area contributed by atoms with Crippen molar-refractivity contribution in [1.82, 2.24) is 20.1 Å². The summed E-state index contributed by atoms with van der Waals surface area (Å²) in [6.07, 6.45) is -1.43. The first-order valence-electron chi connectivity index (χ1n) is 9.38. The molecule has 0 aliphatic carbocycles. The smallest absolute Gasteiger partial charge is 0.416 e. The number of pyridine rings is 1. The molecule has 0 bridgehead atoms. The number of hydrogen-bond donors (Lipinski definition) is 1. The maximum atomic E-state index is 13.1. The van der Waals surface area contributed by atoms with Crippen LogP contribution in [0.5, 0.6) is 5.75 Å². The number of aromatic nitrogens is 3. The topological polar surface area (TPSA) is 80.2 Å². The van der Waals surface area contributed by atoms with Gasteiger partial charge in [0, 0.05) is 40.8 Å². The predicted octanol–water partition coefficient (Wildman–Crippen LogP) is 4.00. The lowest BCUT2D eigenvalue weighted by Crippen LogP contribution is -2.44. The number of fused-ring (bicyclic) bond motifs is 1. The van der Waals surface area contributed by atoms with E-state index in [1.807, 2.05) is 14.1 Å². The van der Waals surface area contributed by atoms with Gasteiger partial charge in [-0.3, -0.25) is 9.78 Å². The van der Waals surface area contributed by atoms with Gasteiger partial charge in [0.15, 0.2) is 5.82 Å². The van der Waals surface area contributed by atoms with Gasteiger partial charge in [-0.05, 0) is 52.2 Å². The second kappa shape index (κ2) is 8.46. The quantitative estimate of drug-likeness (QED) is 0.564. The largest absolute Gasteiger partial charge is 0.428 e. The first kappa shape index (κ1) is 22.4. The summed E-state index contributed by atoms with van der Waals surface area (Å²) in [6, 6.07) is 4.58. The van der Waals surface area contributed by atoms with Gasteiger partial charge in [0.2, 0.25) is 0 Å². The van der Waals surface area contributed by atoms with Crippen molar-refractivity contribution in [3.8, 4) is 17.0 Å². The van der Waals surface area contributed by atoms with Gasteiger partial charge in [0.1, 0.15) is 11.4 Å². The molecule has 7 nitrogen and oxygen atoms in total. The van der Waals surface area contributed by atoms with Gasteiger partial charge < -0.3 is 15.0 Å². The highest BCUT2D eigenvalue weighted by Crippen LogP contribution is 2.39. The Morgan fingerprint density at radius 3 is 2.52 bits per heavy atom. The van der Waals surface area contributed by atoms with Crippen molar-refractivity contribution < 1.29 is 22.7 Å². The average Bonchev–Trinajstić information content (AvgIpc) is 2.71. The third-order valence-corrected chi connectivity index (χ3v) is 5.22. The van der Waals surface area contributed by atoms with Crippen LogP contribution in [0.2, 0.25) is 0 Å². The number of carbonyl (C=O) groups excluding carboxylic acids is 1. The summed E-state index contributed by atoms with van der Waals surface area (Å²) in [5.41, 5.74) is -0.617. The van der Waals surface area contributed by atoms with Gasteiger partial charge in [-0.1, -0.05) is 0 Å². The molecule has 0 spiro atoms. The molecule has 0 aliphatic rings. The SMILES string of the molecule is CN(C)C(C)(C)CNc1nnc(-c2ccc(C(F)(F)F)cc2OC=O)c2ccncc12. The molecular formula is C21H22F3N5O2. The van der Waals surface area contributed by atoms with E-state index in [1.54, 1.807) is 18.5 Å². The van der Waals surface area contributed by atoms with E-state index in [2.05, 4.69) is 39.2 Å². The summed E-state index contributed by atoms with van der Waals surface area (Å²) in [5.74, 6) is 0.234. The van der Waals surface area contributed by atoms with E-state index in [4.69, 9.17) is 4.74 Å². The normalized spacial score (nSPS) is 12.3. The van der Waals surface area contributed by atoms with Crippen LogP contribution in [0.3, 0.4) is 0 Å². The molecular weight excluding hydrogens is 411 g/mol. The van der Waals surface area contributed by atoms with E-state index in [1.165, 1.54) is 6.07 Å². The van der Waals surface area contributed by atoms with Crippen molar-refractivity contribution >= 4 is 23.1 Å². The molecule has 164 valence electrons.